The maximum atomic E-state index is 5.67. The Kier molecular flexibility index (Phi) is 5.53. The summed E-state index contributed by atoms with van der Waals surface area (Å²) in [7, 11) is 2.20. The van der Waals surface area contributed by atoms with Crippen molar-refractivity contribution in [3.05, 3.63) is 30.6 Å². The number of nitrogens with one attached hydrogen (secondary N) is 2. The van der Waals surface area contributed by atoms with Gasteiger partial charge in [-0.2, -0.15) is 9.97 Å². The number of rotatable bonds is 8. The molecule has 6 rings (SSSR count). The van der Waals surface area contributed by atoms with Gasteiger partial charge in [-0.3, -0.25) is 0 Å². The maximum Gasteiger partial charge on any atom is 0.226 e. The summed E-state index contributed by atoms with van der Waals surface area (Å²) in [6, 6.07) is 9.15. The lowest BCUT2D eigenvalue weighted by molar-refractivity contribution is -0.00238. The van der Waals surface area contributed by atoms with Crippen LogP contribution in [0.5, 0.6) is 0 Å². The van der Waals surface area contributed by atoms with E-state index >= 15 is 0 Å². The molecule has 2 saturated heterocycles. The minimum Gasteiger partial charge on any atom is -0.370 e. The van der Waals surface area contributed by atoms with E-state index in [-0.39, 0.29) is 0 Å². The Morgan fingerprint density at radius 1 is 1.06 bits per heavy atom. The molecule has 3 aliphatic rings. The Balaban J connectivity index is 1.22. The van der Waals surface area contributed by atoms with Gasteiger partial charge in [0.15, 0.2) is 17.0 Å². The van der Waals surface area contributed by atoms with Gasteiger partial charge in [0.25, 0.3) is 0 Å². The first-order valence-corrected chi connectivity index (χ1v) is 12.6. The van der Waals surface area contributed by atoms with Crippen LogP contribution in [0.3, 0.4) is 0 Å². The van der Waals surface area contributed by atoms with Gasteiger partial charge in [0, 0.05) is 55.6 Å². The summed E-state index contributed by atoms with van der Waals surface area (Å²) in [5, 5.41) is 6.85. The largest absolute Gasteiger partial charge is 0.370 e. The van der Waals surface area contributed by atoms with E-state index in [1.54, 1.807) is 0 Å². The number of imidazole rings is 1. The number of hydrogen-bond donors (Lipinski definition) is 3. The number of likely N-dealkylation sites (tertiary alicyclic amines) is 1. The number of hydrogen-bond acceptors (Lipinski definition) is 8. The fraction of sp³-hybridized carbons (Fsp3) is 0.560. The first kappa shape index (κ1) is 21.6. The van der Waals surface area contributed by atoms with Crippen molar-refractivity contribution in [1.29, 1.82) is 0 Å². The second kappa shape index (κ2) is 8.70. The van der Waals surface area contributed by atoms with Gasteiger partial charge in [0.05, 0.1) is 6.33 Å². The molecular formula is C25H35N9. The highest BCUT2D eigenvalue weighted by molar-refractivity contribution is 5.86. The van der Waals surface area contributed by atoms with E-state index in [0.717, 1.165) is 48.7 Å². The Labute approximate surface area is 200 Å². The van der Waals surface area contributed by atoms with Crippen LogP contribution in [0.2, 0.25) is 0 Å². The third-order valence-electron chi connectivity index (χ3n) is 7.56. The van der Waals surface area contributed by atoms with Crippen LogP contribution >= 0.6 is 0 Å². The molecule has 3 fully saturated rings. The van der Waals surface area contributed by atoms with Crippen LogP contribution in [-0.4, -0.2) is 70.7 Å². The third kappa shape index (κ3) is 3.96. The Morgan fingerprint density at radius 3 is 2.53 bits per heavy atom. The summed E-state index contributed by atoms with van der Waals surface area (Å²) in [4.78, 5) is 19.2. The number of aromatic nitrogens is 4. The van der Waals surface area contributed by atoms with Crippen LogP contribution in [0.25, 0.3) is 11.2 Å². The van der Waals surface area contributed by atoms with Gasteiger partial charge in [-0.1, -0.05) is 12.8 Å². The highest BCUT2D eigenvalue weighted by Crippen LogP contribution is 2.41. The highest BCUT2D eigenvalue weighted by atomic mass is 15.3. The maximum absolute atomic E-state index is 5.67. The first-order chi connectivity index (χ1) is 16.6. The molecule has 0 atom stereocenters. The molecule has 1 spiro atoms. The average molecular weight is 462 g/mol. The lowest BCUT2D eigenvalue weighted by Gasteiger charge is -2.60. The summed E-state index contributed by atoms with van der Waals surface area (Å²) in [6.45, 7) is 6.16. The van der Waals surface area contributed by atoms with Gasteiger partial charge < -0.3 is 30.7 Å². The summed E-state index contributed by atoms with van der Waals surface area (Å²) in [5.41, 5.74) is 10.2. The number of anilines is 4. The standard InChI is InChI=1S/C25H35N9/c1-32-13-25(14-32)15-33(16-25)19-9-7-18(8-10-19)29-22-21-23(31-24(30-22)27-12-4-11-26)34(17-28-21)20-5-2-3-6-20/h7-10,17,20H,2-6,11-16,26H2,1H3,(H2,27,29,30,31). The molecule has 180 valence electrons. The normalized spacial score (nSPS) is 20.0. The molecule has 0 unspecified atom stereocenters. The lowest BCUT2D eigenvalue weighted by Crippen LogP contribution is -2.71. The van der Waals surface area contributed by atoms with E-state index in [1.807, 2.05) is 6.33 Å². The van der Waals surface area contributed by atoms with E-state index < -0.39 is 0 Å². The van der Waals surface area contributed by atoms with Crippen LogP contribution in [0.1, 0.15) is 38.1 Å². The van der Waals surface area contributed by atoms with Crippen molar-refractivity contribution < 1.29 is 0 Å². The second-order valence-corrected chi connectivity index (χ2v) is 10.4. The Hall–Kier alpha value is -2.91. The van der Waals surface area contributed by atoms with Crippen LogP contribution in [0.15, 0.2) is 30.6 Å². The van der Waals surface area contributed by atoms with E-state index in [1.165, 1.54) is 44.5 Å². The van der Waals surface area contributed by atoms with Crippen molar-refractivity contribution in [2.24, 2.45) is 11.1 Å². The van der Waals surface area contributed by atoms with Crippen LogP contribution in [0.4, 0.5) is 23.1 Å². The molecule has 34 heavy (non-hydrogen) atoms. The van der Waals surface area contributed by atoms with Gasteiger partial charge in [-0.05, 0) is 57.1 Å². The van der Waals surface area contributed by atoms with Crippen molar-refractivity contribution in [1.82, 2.24) is 24.4 Å². The van der Waals surface area contributed by atoms with Crippen molar-refractivity contribution in [3.8, 4) is 0 Å². The molecule has 0 amide bonds. The van der Waals surface area contributed by atoms with E-state index in [0.29, 0.717) is 23.9 Å². The molecule has 1 aromatic carbocycles. The fourth-order valence-corrected chi connectivity index (χ4v) is 5.97. The smallest absolute Gasteiger partial charge is 0.226 e. The Bertz CT molecular complexity index is 1140. The Morgan fingerprint density at radius 2 is 1.82 bits per heavy atom. The van der Waals surface area contributed by atoms with Crippen LogP contribution in [-0.2, 0) is 0 Å². The number of benzene rings is 1. The van der Waals surface area contributed by atoms with Crippen molar-refractivity contribution in [2.75, 3.05) is 61.8 Å². The zero-order valence-corrected chi connectivity index (χ0v) is 20.0. The predicted molar refractivity (Wildman–Crippen MR) is 137 cm³/mol. The summed E-state index contributed by atoms with van der Waals surface area (Å²) < 4.78 is 2.24. The molecule has 9 heteroatoms. The SMILES string of the molecule is CN1CC2(C1)CN(c1ccc(Nc3nc(NCCCN)nc4c3ncn4C3CCCC3)cc1)C2. The number of nitrogens with zero attached hydrogens (tertiary/aromatic N) is 6. The fourth-order valence-electron chi connectivity index (χ4n) is 5.97. The molecule has 1 aliphatic carbocycles. The molecule has 4 N–H and O–H groups in total. The van der Waals surface area contributed by atoms with E-state index in [2.05, 4.69) is 56.3 Å². The predicted octanol–water partition coefficient (Wildman–Crippen LogP) is 3.20. The summed E-state index contributed by atoms with van der Waals surface area (Å²) in [6.07, 6.45) is 7.71. The minimum absolute atomic E-state index is 0.471. The monoisotopic (exact) mass is 461 g/mol. The van der Waals surface area contributed by atoms with Gasteiger partial charge >= 0.3 is 0 Å². The number of fused-ring (bicyclic) bond motifs is 1. The van der Waals surface area contributed by atoms with Crippen molar-refractivity contribution in [3.63, 3.8) is 0 Å². The summed E-state index contributed by atoms with van der Waals surface area (Å²) >= 11 is 0. The minimum atomic E-state index is 0.471. The lowest BCUT2D eigenvalue weighted by atomic mass is 9.73. The van der Waals surface area contributed by atoms with Crippen molar-refractivity contribution >= 4 is 34.3 Å². The van der Waals surface area contributed by atoms with Gasteiger partial charge in [-0.15, -0.1) is 0 Å². The molecule has 0 bridgehead atoms. The topological polar surface area (TPSA) is 100 Å². The molecule has 1 saturated carbocycles. The zero-order valence-electron chi connectivity index (χ0n) is 20.0. The number of nitrogens with two attached hydrogens (primary N) is 1. The summed E-state index contributed by atoms with van der Waals surface area (Å²) in [5.74, 6) is 1.36. The van der Waals surface area contributed by atoms with Crippen LogP contribution < -0.4 is 21.3 Å². The van der Waals surface area contributed by atoms with E-state index in [4.69, 9.17) is 20.7 Å². The third-order valence-corrected chi connectivity index (χ3v) is 7.56. The molecular weight excluding hydrogens is 426 g/mol. The molecule has 9 nitrogen and oxygen atoms in total. The zero-order chi connectivity index (χ0) is 23.1. The van der Waals surface area contributed by atoms with Gasteiger partial charge in [0.1, 0.15) is 0 Å². The van der Waals surface area contributed by atoms with Crippen LogP contribution in [0, 0.1) is 5.41 Å². The first-order valence-electron chi connectivity index (χ1n) is 12.6. The molecule has 2 aliphatic heterocycles. The van der Waals surface area contributed by atoms with Gasteiger partial charge in [0.2, 0.25) is 5.95 Å². The van der Waals surface area contributed by atoms with Gasteiger partial charge in [-0.25, -0.2) is 4.98 Å². The quantitative estimate of drug-likeness (QED) is 0.440. The second-order valence-electron chi connectivity index (χ2n) is 10.4. The average Bonchev–Trinajstić information content (AvgIpc) is 3.46. The molecule has 4 heterocycles. The van der Waals surface area contributed by atoms with Crippen molar-refractivity contribution in [2.45, 2.75) is 38.1 Å². The van der Waals surface area contributed by atoms with E-state index in [9.17, 15) is 0 Å². The molecule has 3 aromatic rings. The molecule has 2 aromatic heterocycles. The highest BCUT2D eigenvalue weighted by Gasteiger charge is 2.50. The molecule has 0 radical (unpaired) electrons.